The van der Waals surface area contributed by atoms with Gasteiger partial charge in [-0.15, -0.1) is 0 Å². The predicted molar refractivity (Wildman–Crippen MR) is 68.7 cm³/mol. The summed E-state index contributed by atoms with van der Waals surface area (Å²) in [4.78, 5) is 16.5. The average Bonchev–Trinajstić information content (AvgIpc) is 3.11. The predicted octanol–water partition coefficient (Wildman–Crippen LogP) is 0.809. The van der Waals surface area contributed by atoms with Crippen LogP contribution >= 0.6 is 0 Å². The Balaban J connectivity index is 1.94. The van der Waals surface area contributed by atoms with Crippen LogP contribution in [0.25, 0.3) is 0 Å². The second-order valence-electron chi connectivity index (χ2n) is 5.64. The fraction of sp³-hybridized carbons (Fsp3) is 0.923. The zero-order valence-electron chi connectivity index (χ0n) is 11.1. The Morgan fingerprint density at radius 3 is 2.65 bits per heavy atom. The van der Waals surface area contributed by atoms with E-state index in [2.05, 4.69) is 11.9 Å². The highest BCUT2D eigenvalue weighted by atomic mass is 16.2. The minimum atomic E-state index is -0.357. The fourth-order valence-corrected chi connectivity index (χ4v) is 2.67. The number of likely N-dealkylation sites (N-methyl/N-ethyl adjacent to an activating group) is 1. The molecule has 1 aliphatic carbocycles. The maximum Gasteiger partial charge on any atom is 0.239 e. The highest BCUT2D eigenvalue weighted by molar-refractivity contribution is 5.81. The Morgan fingerprint density at radius 1 is 1.41 bits per heavy atom. The van der Waals surface area contributed by atoms with E-state index in [-0.39, 0.29) is 11.9 Å². The molecule has 1 amide bonds. The van der Waals surface area contributed by atoms with Crippen molar-refractivity contribution < 1.29 is 4.79 Å². The van der Waals surface area contributed by atoms with Crippen LogP contribution in [0.3, 0.4) is 0 Å². The van der Waals surface area contributed by atoms with E-state index in [0.29, 0.717) is 12.1 Å². The largest absolute Gasteiger partial charge is 0.337 e. The highest BCUT2D eigenvalue weighted by Crippen LogP contribution is 2.29. The molecule has 2 atom stereocenters. The van der Waals surface area contributed by atoms with E-state index in [0.717, 1.165) is 25.9 Å². The first-order chi connectivity index (χ1) is 8.09. The summed E-state index contributed by atoms with van der Waals surface area (Å²) in [5.74, 6) is 0.131. The van der Waals surface area contributed by atoms with Crippen LogP contribution in [-0.2, 0) is 4.79 Å². The van der Waals surface area contributed by atoms with Gasteiger partial charge in [-0.2, -0.15) is 0 Å². The maximum atomic E-state index is 12.1. The van der Waals surface area contributed by atoms with Crippen LogP contribution in [0.2, 0.25) is 0 Å². The second kappa shape index (κ2) is 5.36. The average molecular weight is 239 g/mol. The molecule has 0 aromatic rings. The van der Waals surface area contributed by atoms with Crippen LogP contribution in [0.1, 0.15) is 39.0 Å². The summed E-state index contributed by atoms with van der Waals surface area (Å²) < 4.78 is 0. The molecule has 2 fully saturated rings. The van der Waals surface area contributed by atoms with Crippen LogP contribution < -0.4 is 5.73 Å². The summed E-state index contributed by atoms with van der Waals surface area (Å²) >= 11 is 0. The molecule has 1 unspecified atom stereocenters. The van der Waals surface area contributed by atoms with Crippen LogP contribution in [0.15, 0.2) is 0 Å². The number of likely N-dealkylation sites (tertiary alicyclic amines) is 1. The molecule has 0 bridgehead atoms. The number of carbonyl (C=O) groups excluding carboxylic acids is 1. The van der Waals surface area contributed by atoms with Gasteiger partial charge >= 0.3 is 0 Å². The van der Waals surface area contributed by atoms with Crippen molar-refractivity contribution in [1.29, 1.82) is 0 Å². The third-order valence-corrected chi connectivity index (χ3v) is 3.99. The van der Waals surface area contributed by atoms with Gasteiger partial charge in [0.15, 0.2) is 0 Å². The first kappa shape index (κ1) is 12.8. The Bertz CT molecular complexity index is 276. The molecule has 4 nitrogen and oxygen atoms in total. The maximum absolute atomic E-state index is 12.1. The molecule has 0 aromatic carbocycles. The van der Waals surface area contributed by atoms with Gasteiger partial charge in [0, 0.05) is 18.6 Å². The lowest BCUT2D eigenvalue weighted by Gasteiger charge is -2.37. The van der Waals surface area contributed by atoms with Gasteiger partial charge in [0.2, 0.25) is 5.91 Å². The number of carbonyl (C=O) groups is 1. The Morgan fingerprint density at radius 2 is 2.12 bits per heavy atom. The van der Waals surface area contributed by atoms with Crippen LogP contribution in [0.5, 0.6) is 0 Å². The van der Waals surface area contributed by atoms with Gasteiger partial charge in [0.25, 0.3) is 0 Å². The van der Waals surface area contributed by atoms with Crippen molar-refractivity contribution in [3.63, 3.8) is 0 Å². The molecule has 17 heavy (non-hydrogen) atoms. The van der Waals surface area contributed by atoms with Crippen molar-refractivity contribution in [2.24, 2.45) is 5.73 Å². The number of nitrogens with two attached hydrogens (primary N) is 1. The van der Waals surface area contributed by atoms with Crippen molar-refractivity contribution in [3.8, 4) is 0 Å². The first-order valence-corrected chi connectivity index (χ1v) is 6.86. The minimum Gasteiger partial charge on any atom is -0.337 e. The summed E-state index contributed by atoms with van der Waals surface area (Å²) in [5, 5.41) is 0. The van der Waals surface area contributed by atoms with Crippen molar-refractivity contribution in [3.05, 3.63) is 0 Å². The molecule has 0 radical (unpaired) electrons. The molecule has 4 heteroatoms. The number of amides is 1. The van der Waals surface area contributed by atoms with Gasteiger partial charge in [-0.25, -0.2) is 0 Å². The molecule has 1 saturated heterocycles. The molecule has 1 saturated carbocycles. The monoisotopic (exact) mass is 239 g/mol. The van der Waals surface area contributed by atoms with E-state index in [1.807, 2.05) is 4.90 Å². The Kier molecular flexibility index (Phi) is 4.05. The summed E-state index contributed by atoms with van der Waals surface area (Å²) in [5.41, 5.74) is 5.74. The van der Waals surface area contributed by atoms with E-state index < -0.39 is 0 Å². The molecular weight excluding hydrogens is 214 g/mol. The van der Waals surface area contributed by atoms with Crippen molar-refractivity contribution in [2.75, 3.05) is 20.1 Å². The molecule has 0 aromatic heterocycles. The van der Waals surface area contributed by atoms with Crippen LogP contribution in [-0.4, -0.2) is 54.0 Å². The fourth-order valence-electron chi connectivity index (χ4n) is 2.67. The molecule has 0 spiro atoms. The highest BCUT2D eigenvalue weighted by Gasteiger charge is 2.36. The lowest BCUT2D eigenvalue weighted by Crippen LogP contribution is -2.51. The van der Waals surface area contributed by atoms with Crippen molar-refractivity contribution >= 4 is 5.91 Å². The SMILES string of the molecule is CC(N)C(=O)N(C[C@@H]1CCCCN1C)C1CC1. The Labute approximate surface area is 104 Å². The quantitative estimate of drug-likeness (QED) is 0.790. The van der Waals surface area contributed by atoms with Gasteiger partial charge in [0.05, 0.1) is 6.04 Å². The van der Waals surface area contributed by atoms with Gasteiger partial charge in [-0.3, -0.25) is 4.79 Å². The zero-order chi connectivity index (χ0) is 12.4. The number of nitrogens with zero attached hydrogens (tertiary/aromatic N) is 2. The smallest absolute Gasteiger partial charge is 0.239 e. The number of hydrogen-bond acceptors (Lipinski definition) is 3. The first-order valence-electron chi connectivity index (χ1n) is 6.86. The third kappa shape index (κ3) is 3.19. The van der Waals surface area contributed by atoms with E-state index in [1.54, 1.807) is 6.92 Å². The number of rotatable bonds is 4. The molecule has 98 valence electrons. The van der Waals surface area contributed by atoms with Gasteiger partial charge in [-0.1, -0.05) is 6.42 Å². The lowest BCUT2D eigenvalue weighted by molar-refractivity contribution is -0.133. The lowest BCUT2D eigenvalue weighted by atomic mass is 10.0. The second-order valence-corrected chi connectivity index (χ2v) is 5.64. The summed E-state index contributed by atoms with van der Waals surface area (Å²) in [6.07, 6.45) is 6.12. The normalized spacial score (nSPS) is 27.8. The molecule has 2 rings (SSSR count). The standard InChI is InChI=1S/C13H25N3O/c1-10(14)13(17)16(11-6-7-11)9-12-5-3-4-8-15(12)2/h10-12H,3-9,14H2,1-2H3/t10?,12-/m0/s1. The van der Waals surface area contributed by atoms with E-state index >= 15 is 0 Å². The zero-order valence-corrected chi connectivity index (χ0v) is 11.1. The molecule has 2 N–H and O–H groups in total. The topological polar surface area (TPSA) is 49.6 Å². The number of piperidine rings is 1. The van der Waals surface area contributed by atoms with E-state index in [9.17, 15) is 4.79 Å². The van der Waals surface area contributed by atoms with Crippen molar-refractivity contribution in [2.45, 2.75) is 57.2 Å². The number of hydrogen-bond donors (Lipinski definition) is 1. The van der Waals surface area contributed by atoms with Crippen LogP contribution in [0.4, 0.5) is 0 Å². The van der Waals surface area contributed by atoms with Gasteiger partial charge < -0.3 is 15.5 Å². The molecular formula is C13H25N3O. The van der Waals surface area contributed by atoms with Gasteiger partial charge in [-0.05, 0) is 46.2 Å². The molecule has 2 aliphatic rings. The Hall–Kier alpha value is -0.610. The third-order valence-electron chi connectivity index (χ3n) is 3.99. The van der Waals surface area contributed by atoms with Crippen molar-refractivity contribution in [1.82, 2.24) is 9.80 Å². The summed E-state index contributed by atoms with van der Waals surface area (Å²) in [7, 11) is 2.17. The summed E-state index contributed by atoms with van der Waals surface area (Å²) in [6.45, 7) is 3.83. The molecule has 1 heterocycles. The minimum absolute atomic E-state index is 0.131. The van der Waals surface area contributed by atoms with Gasteiger partial charge in [0.1, 0.15) is 0 Å². The molecule has 1 aliphatic heterocycles. The van der Waals surface area contributed by atoms with Crippen LogP contribution in [0, 0.1) is 0 Å². The van der Waals surface area contributed by atoms with E-state index in [4.69, 9.17) is 5.73 Å². The van der Waals surface area contributed by atoms with E-state index in [1.165, 1.54) is 19.3 Å². The summed E-state index contributed by atoms with van der Waals surface area (Å²) in [6, 6.07) is 0.653.